The molecule has 0 saturated heterocycles. The fourth-order valence-corrected chi connectivity index (χ4v) is 5.59. The van der Waals surface area contributed by atoms with E-state index < -0.39 is 75.8 Å². The number of phenols is 1. The average Bonchev–Trinajstić information content (AvgIpc) is 2.86. The van der Waals surface area contributed by atoms with Crippen LogP contribution in [0, 0.1) is 11.8 Å². The van der Waals surface area contributed by atoms with Crippen LogP contribution in [-0.4, -0.2) is 61.0 Å². The second-order valence-electron chi connectivity index (χ2n) is 9.24. The summed E-state index contributed by atoms with van der Waals surface area (Å²) in [6.45, 7) is 0. The van der Waals surface area contributed by atoms with Gasteiger partial charge < -0.3 is 31.3 Å². The normalized spacial score (nSPS) is 28.1. The van der Waals surface area contributed by atoms with Crippen molar-refractivity contribution < 1.29 is 44.7 Å². The van der Waals surface area contributed by atoms with E-state index in [1.165, 1.54) is 12.1 Å². The highest BCUT2D eigenvalue weighted by molar-refractivity contribution is 6.23. The van der Waals surface area contributed by atoms with Gasteiger partial charge in [-0.25, -0.2) is 0 Å². The second kappa shape index (κ2) is 8.26. The van der Waals surface area contributed by atoms with Crippen molar-refractivity contribution in [3.8, 4) is 5.75 Å². The van der Waals surface area contributed by atoms with Gasteiger partial charge in [0.1, 0.15) is 29.1 Å². The zero-order chi connectivity index (χ0) is 26.8. The summed E-state index contributed by atoms with van der Waals surface area (Å²) in [5, 5.41) is 55.3. The number of ketones is 2. The molecule has 0 radical (unpaired) electrons. The summed E-state index contributed by atoms with van der Waals surface area (Å²) in [5.74, 6) is -8.89. The Morgan fingerprint density at radius 3 is 2.41 bits per heavy atom. The molecule has 0 bridgehead atoms. The van der Waals surface area contributed by atoms with Crippen molar-refractivity contribution in [3.05, 3.63) is 81.6 Å². The first kappa shape index (κ1) is 24.2. The van der Waals surface area contributed by atoms with Crippen molar-refractivity contribution >= 4 is 41.2 Å². The summed E-state index contributed by atoms with van der Waals surface area (Å²) in [7, 11) is 0. The van der Waals surface area contributed by atoms with Crippen LogP contribution in [0.5, 0.6) is 5.75 Å². The fourth-order valence-electron chi connectivity index (χ4n) is 5.59. The van der Waals surface area contributed by atoms with Crippen LogP contribution >= 0.6 is 0 Å². The maximum absolute atomic E-state index is 13.8. The quantitative estimate of drug-likeness (QED) is 0.263. The summed E-state index contributed by atoms with van der Waals surface area (Å²) in [4.78, 5) is 49.5. The molecule has 1 saturated carbocycles. The van der Waals surface area contributed by atoms with E-state index >= 15 is 0 Å². The number of carbonyl (C=O) groups is 4. The molecule has 7 N–H and O–H groups in total. The van der Waals surface area contributed by atoms with Crippen LogP contribution in [0.15, 0.2) is 59.4 Å². The molecule has 3 aliphatic rings. The van der Waals surface area contributed by atoms with E-state index in [4.69, 9.17) is 5.73 Å². The maximum Gasteiger partial charge on any atom is 0.255 e. The van der Waals surface area contributed by atoms with Gasteiger partial charge in [-0.1, -0.05) is 36.4 Å². The standard InChI is InChI=1S/C27H21NO9/c28-26(36)20-17(31)9-15-22(32)19-14(8-11-3-1-4-12(7-11)10-29)13-5-2-6-16(30)18(13)23(33)21(19)25(35)27(15,37)24(20)34/h1-8,10,15,19,22,30,32-34,37H,9H2,(H2,28,36)/b14-8+. The first-order valence-electron chi connectivity index (χ1n) is 11.3. The van der Waals surface area contributed by atoms with Crippen LogP contribution in [0.2, 0.25) is 0 Å². The molecule has 10 nitrogen and oxygen atoms in total. The topological polar surface area (TPSA) is 195 Å². The number of aliphatic hydroxyl groups excluding tert-OH is 3. The number of hydrogen-bond donors (Lipinski definition) is 6. The third kappa shape index (κ3) is 3.26. The van der Waals surface area contributed by atoms with Crippen LogP contribution in [0.1, 0.15) is 33.5 Å². The minimum atomic E-state index is -2.93. The first-order valence-corrected chi connectivity index (χ1v) is 11.3. The lowest BCUT2D eigenvalue weighted by atomic mass is 9.56. The molecule has 3 aliphatic carbocycles. The van der Waals surface area contributed by atoms with Gasteiger partial charge in [-0.2, -0.15) is 0 Å². The van der Waals surface area contributed by atoms with Crippen LogP contribution in [0.25, 0.3) is 17.4 Å². The number of benzene rings is 2. The molecule has 4 unspecified atom stereocenters. The number of nitrogens with two attached hydrogens (primary N) is 1. The van der Waals surface area contributed by atoms with Crippen LogP contribution < -0.4 is 5.73 Å². The molecule has 2 aromatic rings. The molecule has 0 aliphatic heterocycles. The molecule has 5 rings (SSSR count). The van der Waals surface area contributed by atoms with Gasteiger partial charge in [-0.05, 0) is 28.8 Å². The van der Waals surface area contributed by atoms with Gasteiger partial charge in [-0.3, -0.25) is 19.2 Å². The molecule has 1 amide bonds. The zero-order valence-corrected chi connectivity index (χ0v) is 19.1. The van der Waals surface area contributed by atoms with Crippen LogP contribution in [0.3, 0.4) is 0 Å². The van der Waals surface area contributed by atoms with Crippen molar-refractivity contribution in [3.63, 3.8) is 0 Å². The van der Waals surface area contributed by atoms with Gasteiger partial charge in [0, 0.05) is 23.8 Å². The molecule has 188 valence electrons. The maximum atomic E-state index is 13.8. The van der Waals surface area contributed by atoms with E-state index in [2.05, 4.69) is 0 Å². The SMILES string of the molecule is NC(=O)C1=C(O)C2(O)C(=O)C3=C(O)c4c(O)cccc4/C(=C\c4cccc(C=O)c4)C3C(O)C2CC1=O. The highest BCUT2D eigenvalue weighted by Gasteiger charge is 2.64. The Labute approximate surface area is 209 Å². The summed E-state index contributed by atoms with van der Waals surface area (Å²) >= 11 is 0. The number of aromatic hydroxyl groups is 1. The second-order valence-corrected chi connectivity index (χ2v) is 9.24. The average molecular weight is 503 g/mol. The largest absolute Gasteiger partial charge is 0.508 e. The number of phenolic OH excluding ortho intramolecular Hbond substituents is 1. The molecular formula is C27H21NO9. The van der Waals surface area contributed by atoms with E-state index in [9.17, 15) is 44.7 Å². The van der Waals surface area contributed by atoms with Crippen molar-refractivity contribution in [2.24, 2.45) is 17.6 Å². The van der Waals surface area contributed by atoms with E-state index in [1.54, 1.807) is 36.4 Å². The first-order chi connectivity index (χ1) is 17.5. The van der Waals surface area contributed by atoms with Gasteiger partial charge in [0.05, 0.1) is 17.2 Å². The van der Waals surface area contributed by atoms with E-state index in [1.807, 2.05) is 0 Å². The molecule has 4 atom stereocenters. The number of carbonyl (C=O) groups excluding carboxylic acids is 4. The van der Waals surface area contributed by atoms with E-state index in [-0.39, 0.29) is 16.7 Å². The number of aldehydes is 1. The van der Waals surface area contributed by atoms with Gasteiger partial charge >= 0.3 is 0 Å². The lowest BCUT2D eigenvalue weighted by Crippen LogP contribution is -2.63. The highest BCUT2D eigenvalue weighted by Crippen LogP contribution is 2.55. The minimum absolute atomic E-state index is 0.153. The van der Waals surface area contributed by atoms with Gasteiger partial charge in [0.25, 0.3) is 5.91 Å². The number of aliphatic hydroxyl groups is 4. The van der Waals surface area contributed by atoms with Crippen molar-refractivity contribution in [1.29, 1.82) is 0 Å². The zero-order valence-electron chi connectivity index (χ0n) is 19.1. The van der Waals surface area contributed by atoms with Crippen LogP contribution in [0.4, 0.5) is 0 Å². The molecule has 10 heteroatoms. The van der Waals surface area contributed by atoms with Crippen molar-refractivity contribution in [1.82, 2.24) is 0 Å². The number of primary amides is 1. The third-order valence-corrected chi connectivity index (χ3v) is 7.27. The van der Waals surface area contributed by atoms with Gasteiger partial charge in [0.2, 0.25) is 5.78 Å². The molecular weight excluding hydrogens is 482 g/mol. The fraction of sp³-hybridized carbons (Fsp3) is 0.185. The molecule has 37 heavy (non-hydrogen) atoms. The highest BCUT2D eigenvalue weighted by atomic mass is 16.4. The Morgan fingerprint density at radius 2 is 1.73 bits per heavy atom. The van der Waals surface area contributed by atoms with Crippen molar-refractivity contribution in [2.75, 3.05) is 0 Å². The van der Waals surface area contributed by atoms with Crippen LogP contribution in [-0.2, 0) is 14.4 Å². The van der Waals surface area contributed by atoms with E-state index in [0.717, 1.165) is 0 Å². The molecule has 0 spiro atoms. The summed E-state index contributed by atoms with van der Waals surface area (Å²) in [6, 6.07) is 10.7. The molecule has 1 fully saturated rings. The Morgan fingerprint density at radius 1 is 1.05 bits per heavy atom. The predicted molar refractivity (Wildman–Crippen MR) is 129 cm³/mol. The lowest BCUT2D eigenvalue weighted by Gasteiger charge is -2.49. The number of fused-ring (bicyclic) bond motifs is 3. The monoisotopic (exact) mass is 503 g/mol. The number of Topliss-reactive ketones (excluding diaryl/α,β-unsaturated/α-hetero) is 2. The van der Waals surface area contributed by atoms with Gasteiger partial charge in [0.15, 0.2) is 11.4 Å². The Balaban J connectivity index is 1.82. The number of rotatable bonds is 3. The smallest absolute Gasteiger partial charge is 0.255 e. The van der Waals surface area contributed by atoms with Crippen molar-refractivity contribution in [2.45, 2.75) is 18.1 Å². The Bertz CT molecular complexity index is 1520. The van der Waals surface area contributed by atoms with E-state index in [0.29, 0.717) is 17.4 Å². The Hall–Kier alpha value is -4.54. The summed E-state index contributed by atoms with van der Waals surface area (Å²) < 4.78 is 0. The minimum Gasteiger partial charge on any atom is -0.508 e. The molecule has 0 heterocycles. The number of amides is 1. The number of hydrogen-bond acceptors (Lipinski definition) is 9. The predicted octanol–water partition coefficient (Wildman–Crippen LogP) is 1.21. The van der Waals surface area contributed by atoms with Gasteiger partial charge in [-0.15, -0.1) is 0 Å². The lowest BCUT2D eigenvalue weighted by molar-refractivity contribution is -0.157. The summed E-state index contributed by atoms with van der Waals surface area (Å²) in [5.41, 5.74) is 1.98. The summed E-state index contributed by atoms with van der Waals surface area (Å²) in [6.07, 6.45) is -0.204. The third-order valence-electron chi connectivity index (χ3n) is 7.27. The molecule has 2 aromatic carbocycles. The molecule has 0 aromatic heterocycles. The Kier molecular flexibility index (Phi) is 5.39.